The van der Waals surface area contributed by atoms with Gasteiger partial charge in [-0.25, -0.2) is 0 Å². The number of carbonyl (C=O) groups is 1. The number of thiophene rings is 1. The zero-order valence-electron chi connectivity index (χ0n) is 12.8. The number of nitrogens with two attached hydrogens (primary N) is 1. The molecule has 0 radical (unpaired) electrons. The average molecular weight is 313 g/mol. The Kier molecular flexibility index (Phi) is 5.30. The molecule has 1 fully saturated rings. The largest absolute Gasteiger partial charge is 0.492 e. The minimum absolute atomic E-state index is 0.104. The summed E-state index contributed by atoms with van der Waals surface area (Å²) >= 11 is 1.38. The summed E-state index contributed by atoms with van der Waals surface area (Å²) in [6.45, 7) is 4.18. The number of carbonyl (C=O) groups excluding carboxylic acids is 1. The maximum absolute atomic E-state index is 12.2. The molecule has 3 N–H and O–H groups in total. The van der Waals surface area contributed by atoms with E-state index >= 15 is 0 Å². The van der Waals surface area contributed by atoms with Crippen molar-refractivity contribution >= 4 is 27.9 Å². The maximum atomic E-state index is 12.2. The van der Waals surface area contributed by atoms with Crippen LogP contribution in [0.1, 0.15) is 29.4 Å². The number of nitrogen functional groups attached to an aromatic ring is 1. The number of likely N-dealkylation sites (N-methyl/N-ethyl adjacent to an activating group) is 1. The number of ether oxygens (including phenoxy) is 2. The summed E-state index contributed by atoms with van der Waals surface area (Å²) in [5.74, 6) is 0.478. The lowest BCUT2D eigenvalue weighted by atomic mass is 10.3. The number of rotatable bonds is 8. The normalized spacial score (nSPS) is 14.0. The van der Waals surface area contributed by atoms with Gasteiger partial charge in [-0.3, -0.25) is 4.79 Å². The first-order valence-corrected chi connectivity index (χ1v) is 7.95. The third-order valence-electron chi connectivity index (χ3n) is 3.44. The van der Waals surface area contributed by atoms with E-state index in [1.165, 1.54) is 11.3 Å². The summed E-state index contributed by atoms with van der Waals surface area (Å²) in [7, 11) is 3.25. The Balaban J connectivity index is 2.24. The van der Waals surface area contributed by atoms with Gasteiger partial charge in [0, 0.05) is 26.2 Å². The molecular formula is C14H23N3O3S. The van der Waals surface area contributed by atoms with Crippen molar-refractivity contribution in [1.82, 2.24) is 5.32 Å². The zero-order valence-corrected chi connectivity index (χ0v) is 13.6. The van der Waals surface area contributed by atoms with Crippen LogP contribution in [0.4, 0.5) is 10.7 Å². The molecule has 1 aromatic heterocycles. The van der Waals surface area contributed by atoms with Crippen LogP contribution in [-0.4, -0.2) is 45.9 Å². The van der Waals surface area contributed by atoms with Crippen LogP contribution >= 0.6 is 11.3 Å². The second kappa shape index (κ2) is 7.00. The molecule has 1 aliphatic rings. The predicted molar refractivity (Wildman–Crippen MR) is 85.5 cm³/mol. The van der Waals surface area contributed by atoms with E-state index in [4.69, 9.17) is 15.2 Å². The molecule has 0 aromatic carbocycles. The van der Waals surface area contributed by atoms with Crippen molar-refractivity contribution in [3.63, 3.8) is 0 Å². The van der Waals surface area contributed by atoms with Gasteiger partial charge in [-0.05, 0) is 19.8 Å². The zero-order chi connectivity index (χ0) is 15.4. The highest BCUT2D eigenvalue weighted by Gasteiger charge is 2.29. The van der Waals surface area contributed by atoms with Crippen LogP contribution < -0.4 is 20.7 Å². The first-order valence-electron chi connectivity index (χ1n) is 7.13. The minimum atomic E-state index is -0.104. The Hall–Kier alpha value is -1.47. The number of hydrogen-bond acceptors (Lipinski definition) is 6. The van der Waals surface area contributed by atoms with Crippen LogP contribution in [0.2, 0.25) is 0 Å². The van der Waals surface area contributed by atoms with E-state index in [1.54, 1.807) is 14.2 Å². The Morgan fingerprint density at radius 1 is 1.48 bits per heavy atom. The highest BCUT2D eigenvalue weighted by Crippen LogP contribution is 2.44. The van der Waals surface area contributed by atoms with E-state index in [-0.39, 0.29) is 5.91 Å². The third kappa shape index (κ3) is 3.59. The van der Waals surface area contributed by atoms with Gasteiger partial charge in [-0.15, -0.1) is 11.3 Å². The van der Waals surface area contributed by atoms with Crippen molar-refractivity contribution < 1.29 is 14.3 Å². The van der Waals surface area contributed by atoms with Gasteiger partial charge in [0.15, 0.2) is 5.75 Å². The van der Waals surface area contributed by atoms with Gasteiger partial charge >= 0.3 is 0 Å². The highest BCUT2D eigenvalue weighted by atomic mass is 32.1. The summed E-state index contributed by atoms with van der Waals surface area (Å²) < 4.78 is 10.5. The second-order valence-electron chi connectivity index (χ2n) is 5.00. The molecule has 0 saturated heterocycles. The molecule has 2 rings (SSSR count). The van der Waals surface area contributed by atoms with Gasteiger partial charge in [0.25, 0.3) is 5.91 Å². The molecule has 0 bridgehead atoms. The molecule has 21 heavy (non-hydrogen) atoms. The van der Waals surface area contributed by atoms with Gasteiger partial charge in [0.1, 0.15) is 15.6 Å². The van der Waals surface area contributed by atoms with Crippen LogP contribution in [-0.2, 0) is 4.74 Å². The third-order valence-corrected chi connectivity index (χ3v) is 4.69. The summed E-state index contributed by atoms with van der Waals surface area (Å²) in [6.07, 6.45) is 2.10. The molecule has 1 heterocycles. The van der Waals surface area contributed by atoms with E-state index in [0.29, 0.717) is 29.0 Å². The number of anilines is 2. The van der Waals surface area contributed by atoms with Crippen LogP contribution in [0.15, 0.2) is 0 Å². The lowest BCUT2D eigenvalue weighted by molar-refractivity contribution is 0.0956. The van der Waals surface area contributed by atoms with Crippen LogP contribution in [0, 0.1) is 0 Å². The molecule has 0 aliphatic heterocycles. The standard InChI is InChI=1S/C14H23N3O3S/c1-4-17(7-8-19-2)14-11(20-3)10(15)12(21-14)13(18)16-9-5-6-9/h9H,4-8,15H2,1-3H3,(H,16,18). The molecule has 1 amide bonds. The van der Waals surface area contributed by atoms with E-state index in [2.05, 4.69) is 17.1 Å². The smallest absolute Gasteiger partial charge is 0.263 e. The Bertz CT molecular complexity index is 500. The van der Waals surface area contributed by atoms with Crippen molar-refractivity contribution in [2.45, 2.75) is 25.8 Å². The molecule has 1 aromatic rings. The Morgan fingerprint density at radius 2 is 2.19 bits per heavy atom. The van der Waals surface area contributed by atoms with Crippen molar-refractivity contribution in [2.75, 3.05) is 44.5 Å². The van der Waals surface area contributed by atoms with Gasteiger partial charge in [0.2, 0.25) is 0 Å². The number of nitrogens with one attached hydrogen (secondary N) is 1. The predicted octanol–water partition coefficient (Wildman–Crippen LogP) is 1.70. The molecule has 0 spiro atoms. The SMILES string of the molecule is CCN(CCOC)c1sc(C(=O)NC2CC2)c(N)c1OC. The van der Waals surface area contributed by atoms with Crippen LogP contribution in [0.25, 0.3) is 0 Å². The molecule has 7 heteroatoms. The fourth-order valence-electron chi connectivity index (χ4n) is 2.07. The van der Waals surface area contributed by atoms with Crippen molar-refractivity contribution in [2.24, 2.45) is 0 Å². The number of nitrogens with zero attached hydrogens (tertiary/aromatic N) is 1. The molecule has 118 valence electrons. The molecule has 0 atom stereocenters. The molecular weight excluding hydrogens is 290 g/mol. The first-order chi connectivity index (χ1) is 10.1. The minimum Gasteiger partial charge on any atom is -0.492 e. The molecule has 6 nitrogen and oxygen atoms in total. The van der Waals surface area contributed by atoms with Gasteiger partial charge in [-0.2, -0.15) is 0 Å². The van der Waals surface area contributed by atoms with Gasteiger partial charge in [-0.1, -0.05) is 0 Å². The number of amides is 1. The summed E-state index contributed by atoms with van der Waals surface area (Å²) in [4.78, 5) is 14.9. The Morgan fingerprint density at radius 3 is 2.71 bits per heavy atom. The van der Waals surface area contributed by atoms with E-state index in [1.807, 2.05) is 0 Å². The second-order valence-corrected chi connectivity index (χ2v) is 6.00. The summed E-state index contributed by atoms with van der Waals surface area (Å²) in [5, 5.41) is 3.85. The molecule has 0 unspecified atom stereocenters. The van der Waals surface area contributed by atoms with Crippen molar-refractivity contribution in [1.29, 1.82) is 0 Å². The van der Waals surface area contributed by atoms with E-state index < -0.39 is 0 Å². The summed E-state index contributed by atoms with van der Waals surface area (Å²) in [5.41, 5.74) is 6.52. The molecule has 1 aliphatic carbocycles. The van der Waals surface area contributed by atoms with Gasteiger partial charge < -0.3 is 25.4 Å². The maximum Gasteiger partial charge on any atom is 0.263 e. The topological polar surface area (TPSA) is 76.8 Å². The van der Waals surface area contributed by atoms with Crippen LogP contribution in [0.3, 0.4) is 0 Å². The summed E-state index contributed by atoms with van der Waals surface area (Å²) in [6, 6.07) is 0.309. The fourth-order valence-corrected chi connectivity index (χ4v) is 3.26. The first kappa shape index (κ1) is 15.9. The van der Waals surface area contributed by atoms with E-state index in [9.17, 15) is 4.79 Å². The lowest BCUT2D eigenvalue weighted by Crippen LogP contribution is -2.26. The van der Waals surface area contributed by atoms with Gasteiger partial charge in [0.05, 0.1) is 13.7 Å². The van der Waals surface area contributed by atoms with Crippen molar-refractivity contribution in [3.05, 3.63) is 4.88 Å². The molecule has 1 saturated carbocycles. The van der Waals surface area contributed by atoms with Crippen LogP contribution in [0.5, 0.6) is 5.75 Å². The van der Waals surface area contributed by atoms with Crippen molar-refractivity contribution in [3.8, 4) is 5.75 Å². The fraction of sp³-hybridized carbons (Fsp3) is 0.643. The average Bonchev–Trinajstić information content (AvgIpc) is 3.22. The van der Waals surface area contributed by atoms with E-state index in [0.717, 1.165) is 30.9 Å². The monoisotopic (exact) mass is 313 g/mol. The lowest BCUT2D eigenvalue weighted by Gasteiger charge is -2.21. The number of hydrogen-bond donors (Lipinski definition) is 2. The Labute approximate surface area is 129 Å². The quantitative estimate of drug-likeness (QED) is 0.764. The number of methoxy groups -OCH3 is 2. The highest BCUT2D eigenvalue weighted by molar-refractivity contribution is 7.19.